The molecule has 2 heterocycles. The molecule has 3 rings (SSSR count). The van der Waals surface area contributed by atoms with E-state index in [9.17, 15) is 9.59 Å². The maximum absolute atomic E-state index is 12.2. The third-order valence-corrected chi connectivity index (χ3v) is 4.45. The smallest absolute Gasteiger partial charge is 0.246 e. The lowest BCUT2D eigenvalue weighted by Crippen LogP contribution is -2.51. The molecule has 106 valence electrons. The molecule has 0 radical (unpaired) electrons. The Hall–Kier alpha value is -1.57. The van der Waals surface area contributed by atoms with Crippen LogP contribution in [0.3, 0.4) is 0 Å². The van der Waals surface area contributed by atoms with E-state index in [4.69, 9.17) is 10.5 Å². The Morgan fingerprint density at radius 1 is 1.50 bits per heavy atom. The van der Waals surface area contributed by atoms with Gasteiger partial charge in [0.1, 0.15) is 5.54 Å². The van der Waals surface area contributed by atoms with Gasteiger partial charge >= 0.3 is 0 Å². The predicted molar refractivity (Wildman–Crippen MR) is 76.8 cm³/mol. The van der Waals surface area contributed by atoms with Crippen molar-refractivity contribution in [3.05, 3.63) is 18.2 Å². The van der Waals surface area contributed by atoms with Crippen LogP contribution >= 0.6 is 11.8 Å². The predicted octanol–water partition coefficient (Wildman–Crippen LogP) is 0.787. The zero-order chi connectivity index (χ0) is 14.2. The summed E-state index contributed by atoms with van der Waals surface area (Å²) in [6, 6.07) is 5.43. The minimum absolute atomic E-state index is 0.0366. The second-order valence-corrected chi connectivity index (χ2v) is 5.98. The van der Waals surface area contributed by atoms with Gasteiger partial charge in [0.15, 0.2) is 0 Å². The molecule has 2 aliphatic rings. The fourth-order valence-corrected chi connectivity index (χ4v) is 2.96. The molecule has 0 aromatic heterocycles. The third-order valence-electron chi connectivity index (χ3n) is 3.37. The maximum atomic E-state index is 12.2. The summed E-state index contributed by atoms with van der Waals surface area (Å²) < 4.78 is 5.18. The van der Waals surface area contributed by atoms with Gasteiger partial charge in [0.05, 0.1) is 18.0 Å². The van der Waals surface area contributed by atoms with Gasteiger partial charge in [-0.05, 0) is 24.6 Å². The molecule has 0 aliphatic carbocycles. The number of amides is 2. The Balaban J connectivity index is 1.76. The summed E-state index contributed by atoms with van der Waals surface area (Å²) >= 11 is 1.48. The van der Waals surface area contributed by atoms with Gasteiger partial charge in [-0.3, -0.25) is 9.59 Å². The first kappa shape index (κ1) is 13.4. The number of carbonyl (C=O) groups is 2. The lowest BCUT2D eigenvalue weighted by Gasteiger charge is -2.22. The molecule has 2 aliphatic heterocycles. The van der Waals surface area contributed by atoms with Gasteiger partial charge < -0.3 is 21.1 Å². The first-order valence-corrected chi connectivity index (χ1v) is 7.30. The second kappa shape index (κ2) is 5.08. The SMILES string of the molecule is NC1(C(=O)Nc2ccc3c(c2)NC(=O)CS3)CCOC1. The van der Waals surface area contributed by atoms with Crippen molar-refractivity contribution in [1.29, 1.82) is 0 Å². The van der Waals surface area contributed by atoms with E-state index in [0.717, 1.165) is 10.6 Å². The lowest BCUT2D eigenvalue weighted by atomic mass is 9.99. The lowest BCUT2D eigenvalue weighted by molar-refractivity contribution is -0.121. The van der Waals surface area contributed by atoms with Gasteiger partial charge in [0.2, 0.25) is 11.8 Å². The van der Waals surface area contributed by atoms with Crippen LogP contribution in [0.2, 0.25) is 0 Å². The number of hydrogen-bond donors (Lipinski definition) is 3. The number of thioether (sulfide) groups is 1. The monoisotopic (exact) mass is 293 g/mol. The molecule has 1 fully saturated rings. The number of carbonyl (C=O) groups excluding carboxylic acids is 2. The molecule has 1 atom stereocenters. The highest BCUT2D eigenvalue weighted by molar-refractivity contribution is 8.00. The Kier molecular flexibility index (Phi) is 3.41. The quantitative estimate of drug-likeness (QED) is 0.749. The van der Waals surface area contributed by atoms with Crippen molar-refractivity contribution in [2.45, 2.75) is 16.9 Å². The summed E-state index contributed by atoms with van der Waals surface area (Å²) in [5.74, 6) is 0.122. The van der Waals surface area contributed by atoms with Crippen LogP contribution in [0.1, 0.15) is 6.42 Å². The molecule has 20 heavy (non-hydrogen) atoms. The first-order valence-electron chi connectivity index (χ1n) is 6.32. The summed E-state index contributed by atoms with van der Waals surface area (Å²) in [6.07, 6.45) is 0.510. The largest absolute Gasteiger partial charge is 0.379 e. The van der Waals surface area contributed by atoms with Crippen LogP contribution in [0.4, 0.5) is 11.4 Å². The van der Waals surface area contributed by atoms with Crippen LogP contribution in [0.15, 0.2) is 23.1 Å². The van der Waals surface area contributed by atoms with Crippen LogP contribution < -0.4 is 16.4 Å². The average molecular weight is 293 g/mol. The van der Waals surface area contributed by atoms with Crippen molar-refractivity contribution >= 4 is 35.0 Å². The van der Waals surface area contributed by atoms with E-state index < -0.39 is 5.54 Å². The van der Waals surface area contributed by atoms with E-state index in [-0.39, 0.29) is 18.4 Å². The Morgan fingerprint density at radius 3 is 3.10 bits per heavy atom. The summed E-state index contributed by atoms with van der Waals surface area (Å²) in [5, 5.41) is 5.57. The van der Waals surface area contributed by atoms with Crippen molar-refractivity contribution in [3.8, 4) is 0 Å². The van der Waals surface area contributed by atoms with Crippen LogP contribution in [-0.2, 0) is 14.3 Å². The topological polar surface area (TPSA) is 93.5 Å². The zero-order valence-electron chi connectivity index (χ0n) is 10.8. The Morgan fingerprint density at radius 2 is 2.35 bits per heavy atom. The number of hydrogen-bond acceptors (Lipinski definition) is 5. The van der Waals surface area contributed by atoms with E-state index in [1.54, 1.807) is 12.1 Å². The molecule has 2 amide bonds. The number of benzene rings is 1. The average Bonchev–Trinajstić information content (AvgIpc) is 2.86. The molecular formula is C13H15N3O3S. The fourth-order valence-electron chi connectivity index (χ4n) is 2.18. The van der Waals surface area contributed by atoms with E-state index in [1.807, 2.05) is 6.07 Å². The van der Waals surface area contributed by atoms with Gasteiger partial charge in [-0.25, -0.2) is 0 Å². The number of nitrogens with two attached hydrogens (primary N) is 1. The van der Waals surface area contributed by atoms with Crippen LogP contribution in [0, 0.1) is 0 Å². The van der Waals surface area contributed by atoms with Crippen molar-refractivity contribution in [2.24, 2.45) is 5.73 Å². The molecule has 1 aromatic carbocycles. The zero-order valence-corrected chi connectivity index (χ0v) is 11.6. The summed E-state index contributed by atoms with van der Waals surface area (Å²) in [7, 11) is 0. The summed E-state index contributed by atoms with van der Waals surface area (Å²) in [4.78, 5) is 24.5. The number of fused-ring (bicyclic) bond motifs is 1. The number of rotatable bonds is 2. The summed E-state index contributed by atoms with van der Waals surface area (Å²) in [6.45, 7) is 0.733. The Bertz CT molecular complexity index is 570. The Labute approximate surface area is 120 Å². The summed E-state index contributed by atoms with van der Waals surface area (Å²) in [5.41, 5.74) is 6.37. The van der Waals surface area contributed by atoms with Gasteiger partial charge in [-0.1, -0.05) is 0 Å². The van der Waals surface area contributed by atoms with Crippen LogP contribution in [0.25, 0.3) is 0 Å². The van der Waals surface area contributed by atoms with Gasteiger partial charge in [0, 0.05) is 17.2 Å². The molecule has 1 saturated heterocycles. The minimum Gasteiger partial charge on any atom is -0.379 e. The highest BCUT2D eigenvalue weighted by Gasteiger charge is 2.38. The fraction of sp³-hybridized carbons (Fsp3) is 0.385. The van der Waals surface area contributed by atoms with Crippen molar-refractivity contribution in [2.75, 3.05) is 29.6 Å². The van der Waals surface area contributed by atoms with Crippen molar-refractivity contribution < 1.29 is 14.3 Å². The van der Waals surface area contributed by atoms with Crippen molar-refractivity contribution in [3.63, 3.8) is 0 Å². The maximum Gasteiger partial charge on any atom is 0.246 e. The van der Waals surface area contributed by atoms with Crippen LogP contribution in [0.5, 0.6) is 0 Å². The van der Waals surface area contributed by atoms with E-state index in [0.29, 0.717) is 24.5 Å². The van der Waals surface area contributed by atoms with E-state index >= 15 is 0 Å². The van der Waals surface area contributed by atoms with Crippen LogP contribution in [-0.4, -0.2) is 36.3 Å². The standard InChI is InChI=1S/C13H15N3O3S/c14-13(3-4-19-7-13)12(18)15-8-1-2-10-9(5-8)16-11(17)6-20-10/h1-2,5H,3-4,6-7,14H2,(H,15,18)(H,16,17). The molecule has 0 saturated carbocycles. The molecular weight excluding hydrogens is 278 g/mol. The molecule has 1 unspecified atom stereocenters. The number of anilines is 2. The minimum atomic E-state index is -0.964. The van der Waals surface area contributed by atoms with E-state index in [1.165, 1.54) is 11.8 Å². The molecule has 6 nitrogen and oxygen atoms in total. The van der Waals surface area contributed by atoms with Gasteiger partial charge in [0.25, 0.3) is 0 Å². The molecule has 1 aromatic rings. The van der Waals surface area contributed by atoms with Gasteiger partial charge in [-0.15, -0.1) is 11.8 Å². The van der Waals surface area contributed by atoms with Gasteiger partial charge in [-0.2, -0.15) is 0 Å². The molecule has 4 N–H and O–H groups in total. The highest BCUT2D eigenvalue weighted by Crippen LogP contribution is 2.33. The molecule has 0 spiro atoms. The highest BCUT2D eigenvalue weighted by atomic mass is 32.2. The second-order valence-electron chi connectivity index (χ2n) is 4.96. The number of ether oxygens (including phenoxy) is 1. The third kappa shape index (κ3) is 2.52. The first-order chi connectivity index (χ1) is 9.57. The number of nitrogens with one attached hydrogen (secondary N) is 2. The molecule has 7 heteroatoms. The van der Waals surface area contributed by atoms with Crippen molar-refractivity contribution in [1.82, 2.24) is 0 Å². The molecule has 0 bridgehead atoms. The van der Waals surface area contributed by atoms with E-state index in [2.05, 4.69) is 10.6 Å². The normalized spacial score (nSPS) is 24.9.